The lowest BCUT2D eigenvalue weighted by Crippen LogP contribution is -2.13. The maximum Gasteiger partial charge on any atom is -0.00671 e. The monoisotopic (exact) mass is 188 g/mol. The molecule has 0 aromatic heterocycles. The SMILES string of the molecule is CCC(CS)C(C)CCC(C)C. The second-order valence-corrected chi connectivity index (χ2v) is 4.66. The van der Waals surface area contributed by atoms with Gasteiger partial charge < -0.3 is 0 Å². The first kappa shape index (κ1) is 12.3. The first-order valence-electron chi connectivity index (χ1n) is 5.22. The van der Waals surface area contributed by atoms with Crippen molar-refractivity contribution in [2.75, 3.05) is 5.75 Å². The lowest BCUT2D eigenvalue weighted by Gasteiger charge is -2.21. The summed E-state index contributed by atoms with van der Waals surface area (Å²) in [5, 5.41) is 0. The summed E-state index contributed by atoms with van der Waals surface area (Å²) >= 11 is 4.38. The van der Waals surface area contributed by atoms with Crippen LogP contribution in [-0.2, 0) is 0 Å². The molecule has 0 N–H and O–H groups in total. The average Bonchev–Trinajstić information content (AvgIpc) is 2.03. The highest BCUT2D eigenvalue weighted by atomic mass is 32.1. The molecule has 0 nitrogen and oxygen atoms in total. The van der Waals surface area contributed by atoms with Crippen LogP contribution in [0.2, 0.25) is 0 Å². The van der Waals surface area contributed by atoms with E-state index in [0.717, 1.165) is 23.5 Å². The van der Waals surface area contributed by atoms with E-state index < -0.39 is 0 Å². The Labute approximate surface area is 83.5 Å². The topological polar surface area (TPSA) is 0 Å². The summed E-state index contributed by atoms with van der Waals surface area (Å²) in [5.74, 6) is 3.59. The van der Waals surface area contributed by atoms with Crippen molar-refractivity contribution < 1.29 is 0 Å². The summed E-state index contributed by atoms with van der Waals surface area (Å²) in [6.07, 6.45) is 4.02. The van der Waals surface area contributed by atoms with Crippen molar-refractivity contribution >= 4 is 12.6 Å². The summed E-state index contributed by atoms with van der Waals surface area (Å²) in [5.41, 5.74) is 0. The minimum atomic E-state index is 0.826. The van der Waals surface area contributed by atoms with Gasteiger partial charge in [0.05, 0.1) is 0 Å². The average molecular weight is 188 g/mol. The van der Waals surface area contributed by atoms with Crippen molar-refractivity contribution in [1.29, 1.82) is 0 Å². The Balaban J connectivity index is 3.61. The molecule has 0 radical (unpaired) electrons. The van der Waals surface area contributed by atoms with E-state index in [1.807, 2.05) is 0 Å². The standard InChI is InChI=1S/C11H24S/c1-5-11(8-12)10(4)7-6-9(2)3/h9-12H,5-8H2,1-4H3. The molecule has 1 heteroatoms. The van der Waals surface area contributed by atoms with Crippen LogP contribution in [0.15, 0.2) is 0 Å². The molecule has 2 unspecified atom stereocenters. The lowest BCUT2D eigenvalue weighted by atomic mass is 9.87. The molecule has 0 bridgehead atoms. The van der Waals surface area contributed by atoms with Gasteiger partial charge in [0.2, 0.25) is 0 Å². The van der Waals surface area contributed by atoms with E-state index in [2.05, 4.69) is 40.3 Å². The van der Waals surface area contributed by atoms with Gasteiger partial charge in [-0.2, -0.15) is 12.6 Å². The van der Waals surface area contributed by atoms with Gasteiger partial charge in [-0.15, -0.1) is 0 Å². The Bertz CT molecular complexity index is 95.2. The molecule has 0 saturated heterocycles. The van der Waals surface area contributed by atoms with Crippen LogP contribution < -0.4 is 0 Å². The summed E-state index contributed by atoms with van der Waals surface area (Å²) in [4.78, 5) is 0. The smallest absolute Gasteiger partial charge is 0.00671 e. The zero-order valence-electron chi connectivity index (χ0n) is 9.01. The van der Waals surface area contributed by atoms with Crippen LogP contribution in [0.25, 0.3) is 0 Å². The zero-order valence-corrected chi connectivity index (χ0v) is 9.90. The number of hydrogen-bond donors (Lipinski definition) is 1. The van der Waals surface area contributed by atoms with E-state index in [1.54, 1.807) is 0 Å². The minimum Gasteiger partial charge on any atom is -0.179 e. The summed E-state index contributed by atoms with van der Waals surface area (Å²) in [6.45, 7) is 9.24. The van der Waals surface area contributed by atoms with Crippen molar-refractivity contribution in [3.63, 3.8) is 0 Å². The van der Waals surface area contributed by atoms with E-state index in [4.69, 9.17) is 0 Å². The van der Waals surface area contributed by atoms with E-state index in [9.17, 15) is 0 Å². The highest BCUT2D eigenvalue weighted by Crippen LogP contribution is 2.23. The van der Waals surface area contributed by atoms with E-state index >= 15 is 0 Å². The molecule has 0 aromatic rings. The molecule has 0 aliphatic carbocycles. The van der Waals surface area contributed by atoms with Crippen molar-refractivity contribution in [2.45, 2.75) is 47.0 Å². The Morgan fingerprint density at radius 2 is 1.67 bits per heavy atom. The molecule has 74 valence electrons. The third-order valence-electron chi connectivity index (χ3n) is 2.76. The molecular formula is C11H24S. The predicted molar refractivity (Wildman–Crippen MR) is 60.9 cm³/mol. The molecule has 0 aromatic carbocycles. The maximum atomic E-state index is 4.38. The first-order valence-corrected chi connectivity index (χ1v) is 5.85. The zero-order chi connectivity index (χ0) is 9.56. The Kier molecular flexibility index (Phi) is 7.02. The van der Waals surface area contributed by atoms with Crippen LogP contribution in [0.3, 0.4) is 0 Å². The highest BCUT2D eigenvalue weighted by molar-refractivity contribution is 7.80. The van der Waals surface area contributed by atoms with Crippen molar-refractivity contribution in [3.05, 3.63) is 0 Å². The largest absolute Gasteiger partial charge is 0.179 e. The van der Waals surface area contributed by atoms with Gasteiger partial charge in [-0.3, -0.25) is 0 Å². The van der Waals surface area contributed by atoms with Gasteiger partial charge in [-0.05, 0) is 23.5 Å². The normalized spacial score (nSPS) is 16.5. The van der Waals surface area contributed by atoms with Gasteiger partial charge >= 0.3 is 0 Å². The molecule has 0 heterocycles. The molecule has 0 amide bonds. The fraction of sp³-hybridized carbons (Fsp3) is 1.00. The highest BCUT2D eigenvalue weighted by Gasteiger charge is 2.13. The second-order valence-electron chi connectivity index (χ2n) is 4.30. The van der Waals surface area contributed by atoms with Gasteiger partial charge in [0.1, 0.15) is 0 Å². The van der Waals surface area contributed by atoms with Gasteiger partial charge in [0, 0.05) is 0 Å². The number of hydrogen-bond acceptors (Lipinski definition) is 1. The third kappa shape index (κ3) is 5.08. The Morgan fingerprint density at radius 3 is 2.00 bits per heavy atom. The molecule has 2 atom stereocenters. The number of rotatable bonds is 6. The molecule has 0 aliphatic heterocycles. The van der Waals surface area contributed by atoms with Gasteiger partial charge in [0.15, 0.2) is 0 Å². The molecule has 0 saturated carbocycles. The van der Waals surface area contributed by atoms with Gasteiger partial charge in [0.25, 0.3) is 0 Å². The van der Waals surface area contributed by atoms with E-state index in [-0.39, 0.29) is 0 Å². The maximum absolute atomic E-state index is 4.38. The Morgan fingerprint density at radius 1 is 1.08 bits per heavy atom. The van der Waals surface area contributed by atoms with Crippen LogP contribution >= 0.6 is 12.6 Å². The summed E-state index contributed by atoms with van der Waals surface area (Å²) < 4.78 is 0. The lowest BCUT2D eigenvalue weighted by molar-refractivity contribution is 0.335. The van der Waals surface area contributed by atoms with Crippen LogP contribution in [0.4, 0.5) is 0 Å². The Hall–Kier alpha value is 0.350. The summed E-state index contributed by atoms with van der Waals surface area (Å²) in [7, 11) is 0. The minimum absolute atomic E-state index is 0.826. The van der Waals surface area contributed by atoms with Crippen molar-refractivity contribution in [3.8, 4) is 0 Å². The predicted octanol–water partition coefficient (Wildman–Crippen LogP) is 4.01. The molecule has 0 rings (SSSR count). The molecule has 0 fully saturated rings. The second kappa shape index (κ2) is 6.82. The first-order chi connectivity index (χ1) is 5.61. The fourth-order valence-corrected chi connectivity index (χ4v) is 2.16. The van der Waals surface area contributed by atoms with Crippen LogP contribution in [0.1, 0.15) is 47.0 Å². The van der Waals surface area contributed by atoms with E-state index in [1.165, 1.54) is 19.3 Å². The molecule has 0 aliphatic rings. The van der Waals surface area contributed by atoms with Crippen molar-refractivity contribution in [1.82, 2.24) is 0 Å². The third-order valence-corrected chi connectivity index (χ3v) is 3.23. The summed E-state index contributed by atoms with van der Waals surface area (Å²) in [6, 6.07) is 0. The van der Waals surface area contributed by atoms with Crippen LogP contribution in [0.5, 0.6) is 0 Å². The number of thiol groups is 1. The molecule has 0 spiro atoms. The van der Waals surface area contributed by atoms with Crippen molar-refractivity contribution in [2.24, 2.45) is 17.8 Å². The molecular weight excluding hydrogens is 164 g/mol. The van der Waals surface area contributed by atoms with E-state index in [0.29, 0.717) is 0 Å². The quantitative estimate of drug-likeness (QED) is 0.598. The molecule has 12 heavy (non-hydrogen) atoms. The van der Waals surface area contributed by atoms with Gasteiger partial charge in [-0.25, -0.2) is 0 Å². The fourth-order valence-electron chi connectivity index (χ4n) is 1.54. The van der Waals surface area contributed by atoms with Crippen LogP contribution in [-0.4, -0.2) is 5.75 Å². The van der Waals surface area contributed by atoms with Crippen LogP contribution in [0, 0.1) is 17.8 Å². The van der Waals surface area contributed by atoms with Gasteiger partial charge in [-0.1, -0.05) is 47.0 Å².